The number of hydrogen-bond donors (Lipinski definition) is 6. The Morgan fingerprint density at radius 1 is 0.219 bits per heavy atom. The van der Waals surface area contributed by atoms with Crippen molar-refractivity contribution in [3.05, 3.63) is 243 Å². The second-order valence-corrected chi connectivity index (χ2v) is 45.2. The summed E-state index contributed by atoms with van der Waals surface area (Å²) < 4.78 is 0. The molecule has 2 aliphatic heterocycles. The second-order valence-electron chi connectivity index (χ2n) is 45.2. The number of aromatic amines is 2. The van der Waals surface area contributed by atoms with Crippen LogP contribution in [0.1, 0.15) is 154 Å². The number of hydrogen-bond acceptors (Lipinski definition) is 6. The average molecular weight is 1670 g/mol. The van der Waals surface area contributed by atoms with E-state index in [0.717, 1.165) is 230 Å². The molecule has 16 saturated carbocycles. The third-order valence-electron chi connectivity index (χ3n) is 36.6. The van der Waals surface area contributed by atoms with Crippen LogP contribution in [0.2, 0.25) is 0 Å². The molecule has 12 aromatic carbocycles. The molecule has 0 radical (unpaired) electrons. The second kappa shape index (κ2) is 28.0. The lowest BCUT2D eigenvalue weighted by molar-refractivity contribution is -0.0445. The summed E-state index contributed by atoms with van der Waals surface area (Å²) >= 11 is 0. The lowest BCUT2D eigenvalue weighted by Gasteiger charge is -2.57. The van der Waals surface area contributed by atoms with Gasteiger partial charge >= 0.3 is 0 Å². The Labute approximate surface area is 750 Å². The van der Waals surface area contributed by atoms with E-state index in [1.807, 2.05) is 0 Å². The molecule has 33 rings (SSSR count). The van der Waals surface area contributed by atoms with Crippen molar-refractivity contribution in [3.63, 3.8) is 0 Å². The van der Waals surface area contributed by atoms with E-state index in [1.54, 1.807) is 0 Å². The number of rotatable bonds is 16. The summed E-state index contributed by atoms with van der Waals surface area (Å²) in [5.74, 6) is 10.6. The monoisotopic (exact) mass is 1670 g/mol. The normalized spacial score (nSPS) is 29.1. The van der Waals surface area contributed by atoms with Gasteiger partial charge in [-0.05, 0) is 409 Å². The quantitative estimate of drug-likeness (QED) is 0.0576. The fourth-order valence-electron chi connectivity index (χ4n) is 32.9. The first-order valence-corrected chi connectivity index (χ1v) is 49.9. The summed E-state index contributed by atoms with van der Waals surface area (Å²) in [5, 5.41) is 30.8. The molecule has 0 unspecified atom stereocenters. The number of aromatic nitrogens is 4. The van der Waals surface area contributed by atoms with Gasteiger partial charge in [-0.15, -0.1) is 0 Å². The van der Waals surface area contributed by atoms with Gasteiger partial charge < -0.3 is 31.2 Å². The number of benzene rings is 12. The van der Waals surface area contributed by atoms with E-state index < -0.39 is 0 Å². The summed E-state index contributed by atoms with van der Waals surface area (Å²) in [5.41, 5.74) is 27.3. The highest BCUT2D eigenvalue weighted by molar-refractivity contribution is 6.25. The highest BCUT2D eigenvalue weighted by Gasteiger charge is 2.55. The maximum atomic E-state index is 6.62. The fourth-order valence-corrected chi connectivity index (χ4v) is 32.9. The number of nitrogens with zero attached hydrogens (tertiary/aromatic N) is 2. The van der Waals surface area contributed by atoms with Crippen LogP contribution in [0.15, 0.2) is 243 Å². The standard InChI is InChI=1S/C120H114N8/c1-2-10-86-46-98-97(45-85(86)9-1)109-105(81-17-25-93(26-18-81)121-65-117-53-69-33-70(54-117)35-71(34-69)55-117)111-99-47-87-11-3-4-12-88(87)48-100(99)113(126-111)107(83-21-29-95(30-22-83)123-67-119-59-75-39-76(60-119)41-77(40-75)61-119)115-103-51-91-15-7-8-16-92(91)52-104(103)116(128-115)108(84-23-31-96(32-24-84)124-68-120-62-78-42-79(63-120)44-80(43-78)64-120)114-102-50-90-14-6-5-13-89(90)49-101(102)112(127-114)106(110(98)125-109)82-19-27-94(28-20-82)122-66-118-56-72-36-73(57-118)38-74(37-72)58-118/h1-32,45-52,69-80,121-125,128H,33-44,53-68H2. The molecular weight excluding hydrogens is 1550 g/mol. The van der Waals surface area contributed by atoms with E-state index in [0.29, 0.717) is 21.7 Å². The van der Waals surface area contributed by atoms with E-state index >= 15 is 0 Å². The highest BCUT2D eigenvalue weighted by Crippen LogP contribution is 2.65. The van der Waals surface area contributed by atoms with Gasteiger partial charge in [0.25, 0.3) is 0 Å². The van der Waals surface area contributed by atoms with E-state index in [1.165, 1.54) is 220 Å². The molecule has 4 heterocycles. The molecule has 8 heteroatoms. The van der Waals surface area contributed by atoms with Crippen LogP contribution in [0.5, 0.6) is 0 Å². The van der Waals surface area contributed by atoms with Gasteiger partial charge in [0.1, 0.15) is 0 Å². The maximum Gasteiger partial charge on any atom is 0.0816 e. The lowest BCUT2D eigenvalue weighted by Crippen LogP contribution is -2.49. The summed E-state index contributed by atoms with van der Waals surface area (Å²) in [4.78, 5) is 22.5. The van der Waals surface area contributed by atoms with Gasteiger partial charge in [0.2, 0.25) is 0 Å². The third kappa shape index (κ3) is 12.1. The van der Waals surface area contributed by atoms with E-state index in [2.05, 4.69) is 274 Å². The molecule has 24 bridgehead atoms. The minimum Gasteiger partial charge on any atom is -0.384 e. The first-order valence-electron chi connectivity index (χ1n) is 49.9. The first-order chi connectivity index (χ1) is 62.9. The van der Waals surface area contributed by atoms with Crippen molar-refractivity contribution in [3.8, 4) is 89.5 Å². The number of H-pyrrole nitrogens is 2. The van der Waals surface area contributed by atoms with E-state index in [-0.39, 0.29) is 0 Å². The number of nitrogens with one attached hydrogen (secondary N) is 6. The van der Waals surface area contributed by atoms with Gasteiger partial charge in [0, 0.05) is 115 Å². The molecule has 634 valence electrons. The molecule has 19 aliphatic rings. The third-order valence-corrected chi connectivity index (χ3v) is 36.6. The molecule has 16 fully saturated rings. The Hall–Kier alpha value is -11.5. The summed E-state index contributed by atoms with van der Waals surface area (Å²) in [6.07, 6.45) is 33.7. The highest BCUT2D eigenvalue weighted by atomic mass is 14.9. The summed E-state index contributed by atoms with van der Waals surface area (Å²) in [6, 6.07) is 95.0. The molecular formula is C120H114N8. The van der Waals surface area contributed by atoms with Crippen molar-refractivity contribution in [2.75, 3.05) is 47.4 Å². The predicted octanol–water partition coefficient (Wildman–Crippen LogP) is 31.1. The predicted molar refractivity (Wildman–Crippen MR) is 533 cm³/mol. The summed E-state index contributed by atoms with van der Waals surface area (Å²) in [7, 11) is 0. The zero-order valence-electron chi connectivity index (χ0n) is 73.7. The van der Waals surface area contributed by atoms with Crippen LogP contribution in [0.25, 0.3) is 176 Å². The minimum atomic E-state index is 0.368. The minimum absolute atomic E-state index is 0.368. The van der Waals surface area contributed by atoms with Gasteiger partial charge in [-0.1, -0.05) is 146 Å². The molecule has 0 amide bonds. The number of anilines is 4. The van der Waals surface area contributed by atoms with Gasteiger partial charge in [-0.3, -0.25) is 0 Å². The van der Waals surface area contributed by atoms with Gasteiger partial charge in [0.05, 0.1) is 44.8 Å². The van der Waals surface area contributed by atoms with Crippen LogP contribution in [-0.4, -0.2) is 46.1 Å². The van der Waals surface area contributed by atoms with Crippen LogP contribution in [0.3, 0.4) is 0 Å². The smallest absolute Gasteiger partial charge is 0.0816 e. The van der Waals surface area contributed by atoms with Gasteiger partial charge in [-0.2, -0.15) is 0 Å². The topological polar surface area (TPSA) is 105 Å². The molecule has 0 spiro atoms. The Balaban J connectivity index is 0.733. The maximum absolute atomic E-state index is 6.62. The molecule has 6 N–H and O–H groups in total. The molecule has 0 saturated heterocycles. The van der Waals surface area contributed by atoms with Crippen molar-refractivity contribution in [2.45, 2.75) is 154 Å². The lowest BCUT2D eigenvalue weighted by atomic mass is 9.49. The fraction of sp³-hybridized carbons (Fsp3) is 0.367. The van der Waals surface area contributed by atoms with Crippen LogP contribution < -0.4 is 21.3 Å². The Kier molecular flexibility index (Phi) is 16.3. The summed E-state index contributed by atoms with van der Waals surface area (Å²) in [6.45, 7) is 4.12. The van der Waals surface area contributed by atoms with Crippen LogP contribution >= 0.6 is 0 Å². The van der Waals surface area contributed by atoms with Gasteiger partial charge in [-0.25, -0.2) is 9.97 Å². The molecule has 8 nitrogen and oxygen atoms in total. The molecule has 2 aromatic heterocycles. The molecule has 17 aliphatic carbocycles. The van der Waals surface area contributed by atoms with Crippen LogP contribution in [0.4, 0.5) is 22.7 Å². The Morgan fingerprint density at radius 2 is 0.391 bits per heavy atom. The first kappa shape index (κ1) is 74.4. The molecule has 14 aromatic rings. The SMILES string of the molecule is c1ccc2cc3c(cc2c1)-c1nc-3c(-c2ccc(NCC34CC5CC(CC(C5)C3)C4)cc2)c2[nH]c(c(-c3ccc(NCC45CC6CC(CC(C6)C4)C5)cc3)c3nc(c(-c4ccc(NCC56CC7CC(CC(C7)C5)C6)cc4)c4[nH]c(c1-c1ccc(NCC56CC7CC(CC(C7)C5)C6)cc1)c1cc5ccccc5cc41)-c1cc4ccccc4cc1-3)c1cc3ccccc3cc21. The van der Waals surface area contributed by atoms with Crippen LogP contribution in [0, 0.1) is 92.7 Å². The van der Waals surface area contributed by atoms with Crippen molar-refractivity contribution >= 4 is 109 Å². The zero-order valence-corrected chi connectivity index (χ0v) is 73.7. The van der Waals surface area contributed by atoms with Crippen molar-refractivity contribution in [2.24, 2.45) is 92.7 Å². The van der Waals surface area contributed by atoms with Crippen molar-refractivity contribution in [1.29, 1.82) is 0 Å². The largest absolute Gasteiger partial charge is 0.384 e. The zero-order chi connectivity index (χ0) is 83.5. The van der Waals surface area contributed by atoms with Crippen molar-refractivity contribution in [1.82, 2.24) is 19.9 Å². The molecule has 0 atom stereocenters. The Bertz CT molecular complexity index is 6340. The molecule has 128 heavy (non-hydrogen) atoms. The average Bonchev–Trinajstić information content (AvgIpc) is 1.55. The Morgan fingerprint density at radius 3 is 0.570 bits per heavy atom. The number of fused-ring (bicyclic) bond motifs is 4. The van der Waals surface area contributed by atoms with E-state index in [4.69, 9.17) is 9.97 Å². The van der Waals surface area contributed by atoms with E-state index in [9.17, 15) is 0 Å². The van der Waals surface area contributed by atoms with Crippen molar-refractivity contribution < 1.29 is 0 Å². The van der Waals surface area contributed by atoms with Crippen LogP contribution in [-0.2, 0) is 0 Å². The van der Waals surface area contributed by atoms with Gasteiger partial charge in [0.15, 0.2) is 0 Å².